The molecule has 10 heteroatoms. The van der Waals surface area contributed by atoms with Gasteiger partial charge in [-0.3, -0.25) is 20.4 Å². The van der Waals surface area contributed by atoms with Crippen LogP contribution in [0.5, 0.6) is 0 Å². The normalized spacial score (nSPS) is 11.0. The predicted octanol–water partition coefficient (Wildman–Crippen LogP) is 2.66. The van der Waals surface area contributed by atoms with Crippen LogP contribution in [0.2, 0.25) is 0 Å². The standard InChI is InChI=1S/C17H18N6O3S/c1-2-19-17-20-15(12-4-3-9-18-11-12)10-16(21-17)23-22-13-5-7-14(8-6-13)27(24,25)26/h3-11,22H,2H2,1H3,(H,24,25,26)(H2,19,20,21,23). The lowest BCUT2D eigenvalue weighted by Gasteiger charge is -2.12. The summed E-state index contributed by atoms with van der Waals surface area (Å²) < 4.78 is 31.2. The van der Waals surface area contributed by atoms with Gasteiger partial charge in [-0.05, 0) is 43.3 Å². The lowest BCUT2D eigenvalue weighted by Crippen LogP contribution is -2.12. The highest BCUT2D eigenvalue weighted by molar-refractivity contribution is 7.85. The first-order chi connectivity index (χ1) is 13.0. The summed E-state index contributed by atoms with van der Waals surface area (Å²) in [5.41, 5.74) is 8.02. The molecule has 27 heavy (non-hydrogen) atoms. The average molecular weight is 386 g/mol. The number of hydrazine groups is 1. The highest BCUT2D eigenvalue weighted by atomic mass is 32.2. The molecule has 0 amide bonds. The van der Waals surface area contributed by atoms with Crippen molar-refractivity contribution < 1.29 is 13.0 Å². The maximum atomic E-state index is 11.1. The molecule has 2 aromatic heterocycles. The molecule has 140 valence electrons. The molecule has 0 fully saturated rings. The largest absolute Gasteiger partial charge is 0.354 e. The Balaban J connectivity index is 1.80. The summed E-state index contributed by atoms with van der Waals surface area (Å²) in [6, 6.07) is 11.1. The Kier molecular flexibility index (Phi) is 5.48. The molecule has 9 nitrogen and oxygen atoms in total. The third-order valence-corrected chi connectivity index (χ3v) is 4.37. The van der Waals surface area contributed by atoms with Crippen molar-refractivity contribution >= 4 is 27.6 Å². The van der Waals surface area contributed by atoms with E-state index in [0.29, 0.717) is 29.7 Å². The Bertz CT molecular complexity index is 1010. The van der Waals surface area contributed by atoms with E-state index in [1.54, 1.807) is 18.5 Å². The zero-order chi connectivity index (χ0) is 19.3. The zero-order valence-electron chi connectivity index (χ0n) is 14.4. The molecule has 0 aliphatic rings. The zero-order valence-corrected chi connectivity index (χ0v) is 15.2. The van der Waals surface area contributed by atoms with Crippen LogP contribution < -0.4 is 16.2 Å². The van der Waals surface area contributed by atoms with Crippen LogP contribution in [0, 0.1) is 0 Å². The fraction of sp³-hybridized carbons (Fsp3) is 0.118. The van der Waals surface area contributed by atoms with E-state index >= 15 is 0 Å². The van der Waals surface area contributed by atoms with Crippen molar-refractivity contribution in [1.29, 1.82) is 0 Å². The maximum absolute atomic E-state index is 11.1. The number of rotatable bonds is 7. The quantitative estimate of drug-likeness (QED) is 0.358. The van der Waals surface area contributed by atoms with Crippen LogP contribution in [0.25, 0.3) is 11.3 Å². The third kappa shape index (κ3) is 4.90. The number of nitrogens with zero attached hydrogens (tertiary/aromatic N) is 3. The van der Waals surface area contributed by atoms with Gasteiger partial charge in [0, 0.05) is 30.6 Å². The number of pyridine rings is 1. The lowest BCUT2D eigenvalue weighted by molar-refractivity contribution is 0.483. The topological polar surface area (TPSA) is 129 Å². The van der Waals surface area contributed by atoms with Crippen molar-refractivity contribution in [3.63, 3.8) is 0 Å². The molecule has 2 heterocycles. The van der Waals surface area contributed by atoms with Crippen molar-refractivity contribution in [2.45, 2.75) is 11.8 Å². The van der Waals surface area contributed by atoms with Gasteiger partial charge in [0.2, 0.25) is 5.95 Å². The van der Waals surface area contributed by atoms with Gasteiger partial charge in [0.05, 0.1) is 16.3 Å². The fourth-order valence-electron chi connectivity index (χ4n) is 2.26. The van der Waals surface area contributed by atoms with Gasteiger partial charge >= 0.3 is 0 Å². The summed E-state index contributed by atoms with van der Waals surface area (Å²) in [5, 5.41) is 3.08. The summed E-state index contributed by atoms with van der Waals surface area (Å²) in [7, 11) is -4.22. The molecule has 0 spiro atoms. The highest BCUT2D eigenvalue weighted by Crippen LogP contribution is 2.21. The first kappa shape index (κ1) is 18.5. The van der Waals surface area contributed by atoms with Gasteiger partial charge in [-0.25, -0.2) is 4.98 Å². The monoisotopic (exact) mass is 386 g/mol. The van der Waals surface area contributed by atoms with Gasteiger partial charge in [0.25, 0.3) is 10.1 Å². The Labute approximate surface area is 156 Å². The molecule has 1 aromatic carbocycles. The van der Waals surface area contributed by atoms with Gasteiger partial charge in [-0.2, -0.15) is 13.4 Å². The van der Waals surface area contributed by atoms with Crippen LogP contribution in [-0.4, -0.2) is 34.5 Å². The first-order valence-corrected chi connectivity index (χ1v) is 9.52. The van der Waals surface area contributed by atoms with E-state index in [1.165, 1.54) is 24.3 Å². The SMILES string of the molecule is CCNc1nc(NNc2ccc(S(=O)(=O)O)cc2)cc(-c2cccnc2)n1. The van der Waals surface area contributed by atoms with Gasteiger partial charge in [-0.15, -0.1) is 0 Å². The third-order valence-electron chi connectivity index (χ3n) is 3.51. The second-order valence-electron chi connectivity index (χ2n) is 5.48. The van der Waals surface area contributed by atoms with Crippen molar-refractivity contribution in [3.8, 4) is 11.3 Å². The van der Waals surface area contributed by atoms with E-state index in [0.717, 1.165) is 5.56 Å². The molecule has 3 aromatic rings. The van der Waals surface area contributed by atoms with E-state index in [9.17, 15) is 8.42 Å². The van der Waals surface area contributed by atoms with Crippen molar-refractivity contribution in [2.75, 3.05) is 22.7 Å². The maximum Gasteiger partial charge on any atom is 0.294 e. The molecule has 0 radical (unpaired) electrons. The number of hydrogen-bond acceptors (Lipinski definition) is 8. The van der Waals surface area contributed by atoms with Gasteiger partial charge < -0.3 is 5.32 Å². The summed E-state index contributed by atoms with van der Waals surface area (Å²) >= 11 is 0. The van der Waals surface area contributed by atoms with Crippen LogP contribution in [0.4, 0.5) is 17.5 Å². The second kappa shape index (κ2) is 7.98. The number of hydrogen-bond donors (Lipinski definition) is 4. The minimum atomic E-state index is -4.22. The van der Waals surface area contributed by atoms with E-state index in [-0.39, 0.29) is 4.90 Å². The van der Waals surface area contributed by atoms with E-state index in [2.05, 4.69) is 31.1 Å². The Hall–Kier alpha value is -3.24. The Morgan fingerprint density at radius 3 is 2.48 bits per heavy atom. The van der Waals surface area contributed by atoms with Crippen LogP contribution in [0.15, 0.2) is 59.8 Å². The van der Waals surface area contributed by atoms with Crippen molar-refractivity contribution in [2.24, 2.45) is 0 Å². The molecule has 0 saturated carbocycles. The van der Waals surface area contributed by atoms with E-state index in [4.69, 9.17) is 4.55 Å². The molecule has 0 atom stereocenters. The summed E-state index contributed by atoms with van der Waals surface area (Å²) in [6.45, 7) is 2.61. The number of aromatic nitrogens is 3. The number of benzene rings is 1. The number of anilines is 3. The summed E-state index contributed by atoms with van der Waals surface area (Å²) in [5.74, 6) is 0.975. The Morgan fingerprint density at radius 2 is 1.85 bits per heavy atom. The smallest absolute Gasteiger partial charge is 0.294 e. The molecule has 0 unspecified atom stereocenters. The molecule has 4 N–H and O–H groups in total. The fourth-order valence-corrected chi connectivity index (χ4v) is 2.74. The van der Waals surface area contributed by atoms with Gasteiger partial charge in [-0.1, -0.05) is 0 Å². The average Bonchev–Trinajstić information content (AvgIpc) is 2.67. The van der Waals surface area contributed by atoms with E-state index in [1.807, 2.05) is 19.1 Å². The van der Waals surface area contributed by atoms with E-state index < -0.39 is 10.1 Å². The second-order valence-corrected chi connectivity index (χ2v) is 6.91. The minimum absolute atomic E-state index is 0.177. The van der Waals surface area contributed by atoms with Crippen LogP contribution in [-0.2, 0) is 10.1 Å². The van der Waals surface area contributed by atoms with Crippen LogP contribution in [0.1, 0.15) is 6.92 Å². The molecular formula is C17H18N6O3S. The Morgan fingerprint density at radius 1 is 1.07 bits per heavy atom. The van der Waals surface area contributed by atoms with Crippen LogP contribution in [0.3, 0.4) is 0 Å². The molecule has 0 aliphatic heterocycles. The first-order valence-electron chi connectivity index (χ1n) is 8.08. The summed E-state index contributed by atoms with van der Waals surface area (Å²) in [6.07, 6.45) is 3.40. The molecule has 0 bridgehead atoms. The lowest BCUT2D eigenvalue weighted by atomic mass is 10.2. The molecular weight excluding hydrogens is 368 g/mol. The predicted molar refractivity (Wildman–Crippen MR) is 103 cm³/mol. The highest BCUT2D eigenvalue weighted by Gasteiger charge is 2.09. The molecule has 0 saturated heterocycles. The van der Waals surface area contributed by atoms with Crippen LogP contribution >= 0.6 is 0 Å². The van der Waals surface area contributed by atoms with Crippen molar-refractivity contribution in [3.05, 3.63) is 54.9 Å². The molecule has 3 rings (SSSR count). The molecule has 0 aliphatic carbocycles. The van der Waals surface area contributed by atoms with Crippen molar-refractivity contribution in [1.82, 2.24) is 15.0 Å². The minimum Gasteiger partial charge on any atom is -0.354 e. The van der Waals surface area contributed by atoms with Gasteiger partial charge in [0.1, 0.15) is 0 Å². The summed E-state index contributed by atoms with van der Waals surface area (Å²) in [4.78, 5) is 12.8. The number of nitrogens with one attached hydrogen (secondary N) is 3. The van der Waals surface area contributed by atoms with Gasteiger partial charge in [0.15, 0.2) is 5.82 Å².